The number of thioether (sulfide) groups is 1. The third-order valence-electron chi connectivity index (χ3n) is 2.99. The van der Waals surface area contributed by atoms with E-state index in [-0.39, 0.29) is 24.0 Å². The number of halogens is 2. The van der Waals surface area contributed by atoms with E-state index in [4.69, 9.17) is 10.5 Å². The molecule has 1 aromatic carbocycles. The van der Waals surface area contributed by atoms with E-state index in [0.717, 1.165) is 5.75 Å². The lowest BCUT2D eigenvalue weighted by Gasteiger charge is -2.17. The maximum absolute atomic E-state index is 12.6. The normalized spacial score (nSPS) is 12.1. The Morgan fingerprint density at radius 1 is 1.43 bits per heavy atom. The lowest BCUT2D eigenvalue weighted by atomic mass is 10.1. The number of carbonyl (C=O) groups is 1. The summed E-state index contributed by atoms with van der Waals surface area (Å²) in [4.78, 5) is 11.9. The van der Waals surface area contributed by atoms with E-state index >= 15 is 0 Å². The number of nitrogens with one attached hydrogen (secondary N) is 1. The minimum absolute atomic E-state index is 0.0365. The Balaban J connectivity index is 2.78. The molecule has 1 aromatic rings. The Morgan fingerprint density at radius 3 is 2.78 bits per heavy atom. The quantitative estimate of drug-likeness (QED) is 0.679. The Morgan fingerprint density at radius 2 is 2.17 bits per heavy atom. The van der Waals surface area contributed by atoms with Gasteiger partial charge in [0.05, 0.1) is 12.6 Å². The number of amides is 1. The van der Waals surface area contributed by atoms with E-state index in [0.29, 0.717) is 18.6 Å². The second-order valence-electron chi connectivity index (χ2n) is 4.66. The van der Waals surface area contributed by atoms with Gasteiger partial charge in [-0.25, -0.2) is 0 Å². The molecule has 0 aliphatic heterocycles. The summed E-state index contributed by atoms with van der Waals surface area (Å²) in [7, 11) is 0. The monoisotopic (exact) mass is 348 g/mol. The highest BCUT2D eigenvalue weighted by atomic mass is 32.2. The molecular weight excluding hydrogens is 326 g/mol. The number of benzene rings is 1. The minimum Gasteiger partial charge on any atom is -0.490 e. The van der Waals surface area contributed by atoms with Crippen LogP contribution in [0.5, 0.6) is 11.5 Å². The van der Waals surface area contributed by atoms with Crippen LogP contribution in [0.4, 0.5) is 8.78 Å². The SMILES string of the molecule is CCOc1cccc(CNC(=O)[C@@H](N)CCSC)c1OC(F)F. The average molecular weight is 348 g/mol. The summed E-state index contributed by atoms with van der Waals surface area (Å²) in [6.07, 6.45) is 2.48. The lowest BCUT2D eigenvalue weighted by molar-refractivity contribution is -0.122. The highest BCUT2D eigenvalue weighted by molar-refractivity contribution is 7.98. The molecule has 0 radical (unpaired) electrons. The van der Waals surface area contributed by atoms with Crippen LogP contribution in [0.25, 0.3) is 0 Å². The molecule has 8 heteroatoms. The van der Waals surface area contributed by atoms with Crippen LogP contribution >= 0.6 is 11.8 Å². The van der Waals surface area contributed by atoms with Crippen LogP contribution in [-0.2, 0) is 11.3 Å². The highest BCUT2D eigenvalue weighted by Gasteiger charge is 2.18. The molecule has 0 aliphatic rings. The van der Waals surface area contributed by atoms with Crippen LogP contribution < -0.4 is 20.5 Å². The topological polar surface area (TPSA) is 73.6 Å². The molecule has 3 N–H and O–H groups in total. The summed E-state index contributed by atoms with van der Waals surface area (Å²) in [5.41, 5.74) is 6.17. The molecule has 0 spiro atoms. The van der Waals surface area contributed by atoms with Crippen molar-refractivity contribution in [1.29, 1.82) is 0 Å². The molecule has 5 nitrogen and oxygen atoms in total. The number of carbonyl (C=O) groups excluding carboxylic acids is 1. The van der Waals surface area contributed by atoms with Gasteiger partial charge < -0.3 is 20.5 Å². The van der Waals surface area contributed by atoms with Crippen molar-refractivity contribution < 1.29 is 23.0 Å². The summed E-state index contributed by atoms with van der Waals surface area (Å²) in [6.45, 7) is -0.885. The molecular formula is C15H22F2N2O3S. The smallest absolute Gasteiger partial charge is 0.387 e. The standard InChI is InChI=1S/C15H22F2N2O3S/c1-3-21-12-6-4-5-10(13(12)22-15(16)17)9-19-14(20)11(18)7-8-23-2/h4-6,11,15H,3,7-9,18H2,1-2H3,(H,19,20)/t11-/m0/s1. The van der Waals surface area contributed by atoms with Crippen LogP contribution in [0.15, 0.2) is 18.2 Å². The van der Waals surface area contributed by atoms with Crippen molar-refractivity contribution >= 4 is 17.7 Å². The van der Waals surface area contributed by atoms with Gasteiger partial charge in [-0.3, -0.25) is 4.79 Å². The number of ether oxygens (including phenoxy) is 2. The van der Waals surface area contributed by atoms with Gasteiger partial charge >= 0.3 is 6.61 Å². The molecule has 0 heterocycles. The number of alkyl halides is 2. The molecule has 130 valence electrons. The summed E-state index contributed by atoms with van der Waals surface area (Å²) in [6, 6.07) is 4.15. The molecule has 0 saturated carbocycles. The molecule has 1 amide bonds. The first-order valence-electron chi connectivity index (χ1n) is 7.21. The van der Waals surface area contributed by atoms with Crippen molar-refractivity contribution in [3.63, 3.8) is 0 Å². The Labute approximate surface area is 138 Å². The van der Waals surface area contributed by atoms with Gasteiger partial charge in [0.1, 0.15) is 0 Å². The Hall–Kier alpha value is -1.54. The van der Waals surface area contributed by atoms with Gasteiger partial charge in [0.25, 0.3) is 0 Å². The number of hydrogen-bond acceptors (Lipinski definition) is 5. The molecule has 1 atom stereocenters. The zero-order chi connectivity index (χ0) is 17.2. The second kappa shape index (κ2) is 10.3. The van der Waals surface area contributed by atoms with Gasteiger partial charge in [-0.2, -0.15) is 20.5 Å². The van der Waals surface area contributed by atoms with Gasteiger partial charge in [-0.1, -0.05) is 12.1 Å². The first-order valence-corrected chi connectivity index (χ1v) is 8.60. The zero-order valence-electron chi connectivity index (χ0n) is 13.2. The number of rotatable bonds is 10. The number of nitrogens with two attached hydrogens (primary N) is 1. The first-order chi connectivity index (χ1) is 11.0. The fourth-order valence-electron chi connectivity index (χ4n) is 1.88. The highest BCUT2D eigenvalue weighted by Crippen LogP contribution is 2.32. The van der Waals surface area contributed by atoms with E-state index in [1.807, 2.05) is 6.26 Å². The van der Waals surface area contributed by atoms with Gasteiger partial charge in [0.2, 0.25) is 5.91 Å². The molecule has 0 aliphatic carbocycles. The first kappa shape index (κ1) is 19.5. The largest absolute Gasteiger partial charge is 0.490 e. The maximum Gasteiger partial charge on any atom is 0.387 e. The molecule has 0 saturated heterocycles. The van der Waals surface area contributed by atoms with Crippen molar-refractivity contribution in [1.82, 2.24) is 5.32 Å². The van der Waals surface area contributed by atoms with E-state index < -0.39 is 12.7 Å². The average Bonchev–Trinajstić information content (AvgIpc) is 2.52. The molecule has 0 bridgehead atoms. The van der Waals surface area contributed by atoms with E-state index in [1.165, 1.54) is 6.07 Å². The zero-order valence-corrected chi connectivity index (χ0v) is 14.0. The van der Waals surface area contributed by atoms with Gasteiger partial charge in [-0.15, -0.1) is 0 Å². The fourth-order valence-corrected chi connectivity index (χ4v) is 2.37. The molecule has 0 aromatic heterocycles. The Kier molecular flexibility index (Phi) is 8.71. The molecule has 0 unspecified atom stereocenters. The van der Waals surface area contributed by atoms with Crippen LogP contribution in [0.1, 0.15) is 18.9 Å². The van der Waals surface area contributed by atoms with Crippen LogP contribution in [0.2, 0.25) is 0 Å². The minimum atomic E-state index is -2.98. The summed E-state index contributed by atoms with van der Waals surface area (Å²) >= 11 is 1.60. The second-order valence-corrected chi connectivity index (χ2v) is 5.65. The van der Waals surface area contributed by atoms with Crippen molar-refractivity contribution in [2.24, 2.45) is 5.73 Å². The van der Waals surface area contributed by atoms with Crippen molar-refractivity contribution in [2.75, 3.05) is 18.6 Å². The van der Waals surface area contributed by atoms with Crippen molar-refractivity contribution in [3.8, 4) is 11.5 Å². The van der Waals surface area contributed by atoms with Crippen molar-refractivity contribution in [2.45, 2.75) is 32.5 Å². The lowest BCUT2D eigenvalue weighted by Crippen LogP contribution is -2.40. The third kappa shape index (κ3) is 6.62. The number of hydrogen-bond donors (Lipinski definition) is 2. The Bertz CT molecular complexity index is 504. The van der Waals surface area contributed by atoms with Gasteiger partial charge in [-0.05, 0) is 31.4 Å². The summed E-state index contributed by atoms with van der Waals surface area (Å²) < 4.78 is 35.0. The van der Waals surface area contributed by atoms with Crippen LogP contribution in [-0.4, -0.2) is 37.2 Å². The summed E-state index contributed by atoms with van der Waals surface area (Å²) in [5.74, 6) is 0.589. The maximum atomic E-state index is 12.6. The van der Waals surface area contributed by atoms with E-state index in [1.54, 1.807) is 30.8 Å². The molecule has 1 rings (SSSR count). The molecule has 0 fully saturated rings. The fraction of sp³-hybridized carbons (Fsp3) is 0.533. The van der Waals surface area contributed by atoms with Gasteiger partial charge in [0.15, 0.2) is 11.5 Å². The van der Waals surface area contributed by atoms with E-state index in [9.17, 15) is 13.6 Å². The number of para-hydroxylation sites is 1. The van der Waals surface area contributed by atoms with Crippen molar-refractivity contribution in [3.05, 3.63) is 23.8 Å². The van der Waals surface area contributed by atoms with Crippen LogP contribution in [0, 0.1) is 0 Å². The van der Waals surface area contributed by atoms with E-state index in [2.05, 4.69) is 10.1 Å². The van der Waals surface area contributed by atoms with Crippen LogP contribution in [0.3, 0.4) is 0 Å². The predicted molar refractivity (Wildman–Crippen MR) is 87.1 cm³/mol. The van der Waals surface area contributed by atoms with Gasteiger partial charge in [0, 0.05) is 12.1 Å². The summed E-state index contributed by atoms with van der Waals surface area (Å²) in [5, 5.41) is 2.64. The third-order valence-corrected chi connectivity index (χ3v) is 3.63. The predicted octanol–water partition coefficient (Wildman–Crippen LogP) is 2.38. The molecule has 23 heavy (non-hydrogen) atoms.